The van der Waals surface area contributed by atoms with Crippen molar-refractivity contribution >= 4 is 5.78 Å². The molecule has 2 aliphatic carbocycles. The maximum atomic E-state index is 13.6. The van der Waals surface area contributed by atoms with Crippen molar-refractivity contribution in [2.75, 3.05) is 0 Å². The highest BCUT2D eigenvalue weighted by atomic mass is 19.4. The van der Waals surface area contributed by atoms with Gasteiger partial charge in [0.25, 0.3) is 0 Å². The van der Waals surface area contributed by atoms with Crippen LogP contribution >= 0.6 is 0 Å². The highest BCUT2D eigenvalue weighted by Crippen LogP contribution is 2.56. The first-order chi connectivity index (χ1) is 10.3. The number of carbonyl (C=O) groups is 1. The number of carbonyl (C=O) groups excluding carboxylic acids is 1. The van der Waals surface area contributed by atoms with Crippen molar-refractivity contribution in [3.63, 3.8) is 0 Å². The van der Waals surface area contributed by atoms with Gasteiger partial charge in [-0.15, -0.1) is 0 Å². The second-order valence-electron chi connectivity index (χ2n) is 6.68. The lowest BCUT2D eigenvalue weighted by Gasteiger charge is -2.46. The molecular weight excluding hydrogens is 289 g/mol. The molecule has 0 fully saturated rings. The first-order valence-corrected chi connectivity index (χ1v) is 7.60. The second-order valence-corrected chi connectivity index (χ2v) is 6.68. The average molecular weight is 308 g/mol. The van der Waals surface area contributed by atoms with Crippen LogP contribution < -0.4 is 0 Å². The van der Waals surface area contributed by atoms with Crippen molar-refractivity contribution in [3.8, 4) is 0 Å². The molecule has 2 atom stereocenters. The van der Waals surface area contributed by atoms with E-state index in [9.17, 15) is 18.0 Å². The standard InChI is InChI=1S/C18H19F3O/c1-11-9-15(18(19,20)21)17(10-12(11)2)8-7-13-5-3-4-6-14(13)16(17)22/h3-6,15H,7-10H2,1-2H3/t15-,17-/m1/s1. The maximum Gasteiger partial charge on any atom is 0.393 e. The van der Waals surface area contributed by atoms with Crippen molar-refractivity contribution in [2.45, 2.75) is 45.7 Å². The van der Waals surface area contributed by atoms with Gasteiger partial charge in [0.05, 0.1) is 5.92 Å². The van der Waals surface area contributed by atoms with E-state index in [0.29, 0.717) is 12.0 Å². The summed E-state index contributed by atoms with van der Waals surface area (Å²) in [5.41, 5.74) is 1.77. The van der Waals surface area contributed by atoms with Crippen molar-refractivity contribution < 1.29 is 18.0 Å². The van der Waals surface area contributed by atoms with Crippen LogP contribution in [0.1, 0.15) is 49.0 Å². The molecule has 0 saturated carbocycles. The Hall–Kier alpha value is -1.58. The zero-order chi connectivity index (χ0) is 16.1. The number of ketones is 1. The zero-order valence-electron chi connectivity index (χ0n) is 12.8. The molecule has 0 radical (unpaired) electrons. The molecule has 0 saturated heterocycles. The fraction of sp³-hybridized carbons (Fsp3) is 0.500. The van der Waals surface area contributed by atoms with E-state index in [4.69, 9.17) is 0 Å². The third-order valence-electron chi connectivity index (χ3n) is 5.44. The minimum Gasteiger partial charge on any atom is -0.294 e. The van der Waals surface area contributed by atoms with Crippen LogP contribution in [0.5, 0.6) is 0 Å². The summed E-state index contributed by atoms with van der Waals surface area (Å²) in [4.78, 5) is 13.0. The predicted molar refractivity (Wildman–Crippen MR) is 78.7 cm³/mol. The Morgan fingerprint density at radius 2 is 1.82 bits per heavy atom. The molecule has 22 heavy (non-hydrogen) atoms. The van der Waals surface area contributed by atoms with Crippen LogP contribution in [0.2, 0.25) is 0 Å². The second kappa shape index (κ2) is 4.97. The number of benzene rings is 1. The lowest BCUT2D eigenvalue weighted by atomic mass is 9.56. The van der Waals surface area contributed by atoms with Gasteiger partial charge in [-0.2, -0.15) is 13.2 Å². The Labute approximate surface area is 128 Å². The van der Waals surface area contributed by atoms with Gasteiger partial charge in [-0.1, -0.05) is 35.4 Å². The van der Waals surface area contributed by atoms with E-state index in [1.54, 1.807) is 19.1 Å². The number of rotatable bonds is 0. The molecule has 0 N–H and O–H groups in total. The van der Waals surface area contributed by atoms with Crippen molar-refractivity contribution in [1.29, 1.82) is 0 Å². The summed E-state index contributed by atoms with van der Waals surface area (Å²) in [6.45, 7) is 3.61. The quantitative estimate of drug-likeness (QED) is 0.609. The number of allylic oxidation sites excluding steroid dienone is 2. The first kappa shape index (κ1) is 15.3. The molecule has 0 bridgehead atoms. The molecule has 0 amide bonds. The van der Waals surface area contributed by atoms with Crippen molar-refractivity contribution in [2.24, 2.45) is 11.3 Å². The zero-order valence-corrected chi connectivity index (χ0v) is 12.8. The third-order valence-corrected chi connectivity index (χ3v) is 5.44. The number of fused-ring (bicyclic) bond motifs is 1. The molecule has 3 rings (SSSR count). The van der Waals surface area contributed by atoms with Gasteiger partial charge in [0.1, 0.15) is 0 Å². The Bertz CT molecular complexity index is 657. The van der Waals surface area contributed by atoms with Crippen LogP contribution in [-0.2, 0) is 6.42 Å². The fourth-order valence-electron chi connectivity index (χ4n) is 4.05. The molecule has 2 aliphatic rings. The summed E-state index contributed by atoms with van der Waals surface area (Å²) < 4.78 is 40.9. The van der Waals surface area contributed by atoms with Gasteiger partial charge in [-0.3, -0.25) is 4.79 Å². The molecule has 0 aromatic heterocycles. The Morgan fingerprint density at radius 1 is 1.14 bits per heavy atom. The molecule has 0 aliphatic heterocycles. The average Bonchev–Trinajstić information content (AvgIpc) is 2.46. The summed E-state index contributed by atoms with van der Waals surface area (Å²) in [6, 6.07) is 7.09. The van der Waals surface area contributed by atoms with E-state index in [1.165, 1.54) is 0 Å². The SMILES string of the molecule is CC1=C(C)C[C@]2(CCc3ccccc3C2=O)[C@H](C(F)(F)F)C1. The summed E-state index contributed by atoms with van der Waals surface area (Å²) in [7, 11) is 0. The lowest BCUT2D eigenvalue weighted by Crippen LogP contribution is -2.50. The molecule has 118 valence electrons. The molecule has 0 heterocycles. The summed E-state index contributed by atoms with van der Waals surface area (Å²) in [5, 5.41) is 0. The van der Waals surface area contributed by atoms with Gasteiger partial charge >= 0.3 is 6.18 Å². The van der Waals surface area contributed by atoms with Crippen LogP contribution in [0, 0.1) is 11.3 Å². The van der Waals surface area contributed by atoms with E-state index >= 15 is 0 Å². The number of hydrogen-bond acceptors (Lipinski definition) is 1. The number of Topliss-reactive ketones (excluding diaryl/α,β-unsaturated/α-hetero) is 1. The van der Waals surface area contributed by atoms with Gasteiger partial charge in [-0.25, -0.2) is 0 Å². The fourth-order valence-corrected chi connectivity index (χ4v) is 4.05. The molecule has 1 aromatic rings. The third kappa shape index (κ3) is 2.20. The summed E-state index contributed by atoms with van der Waals surface area (Å²) >= 11 is 0. The maximum absolute atomic E-state index is 13.6. The highest BCUT2D eigenvalue weighted by molar-refractivity contribution is 6.03. The molecule has 1 spiro atoms. The Morgan fingerprint density at radius 3 is 2.50 bits per heavy atom. The largest absolute Gasteiger partial charge is 0.393 e. The molecule has 1 aromatic carbocycles. The number of aryl methyl sites for hydroxylation is 1. The smallest absolute Gasteiger partial charge is 0.294 e. The molecular formula is C18H19F3O. The topological polar surface area (TPSA) is 17.1 Å². The number of alkyl halides is 3. The summed E-state index contributed by atoms with van der Waals surface area (Å²) in [5.74, 6) is -1.88. The van der Waals surface area contributed by atoms with E-state index in [1.807, 2.05) is 19.1 Å². The molecule has 4 heteroatoms. The van der Waals surface area contributed by atoms with E-state index in [-0.39, 0.29) is 25.0 Å². The monoisotopic (exact) mass is 308 g/mol. The minimum absolute atomic E-state index is 0.0523. The van der Waals surface area contributed by atoms with Crippen molar-refractivity contribution in [1.82, 2.24) is 0 Å². The first-order valence-electron chi connectivity index (χ1n) is 7.60. The van der Waals surface area contributed by atoms with Gasteiger partial charge < -0.3 is 0 Å². The van der Waals surface area contributed by atoms with E-state index < -0.39 is 17.5 Å². The van der Waals surface area contributed by atoms with Gasteiger partial charge in [-0.05, 0) is 45.1 Å². The van der Waals surface area contributed by atoms with Gasteiger partial charge in [0.2, 0.25) is 0 Å². The number of hydrogen-bond donors (Lipinski definition) is 0. The van der Waals surface area contributed by atoms with Crippen LogP contribution in [0.25, 0.3) is 0 Å². The van der Waals surface area contributed by atoms with Crippen molar-refractivity contribution in [3.05, 3.63) is 46.5 Å². The Balaban J connectivity index is 2.13. The highest BCUT2D eigenvalue weighted by Gasteiger charge is 2.59. The van der Waals surface area contributed by atoms with Crippen LogP contribution in [-0.4, -0.2) is 12.0 Å². The summed E-state index contributed by atoms with van der Waals surface area (Å²) in [6.07, 6.45) is -3.33. The lowest BCUT2D eigenvalue weighted by molar-refractivity contribution is -0.203. The van der Waals surface area contributed by atoms with Gasteiger partial charge in [0, 0.05) is 11.0 Å². The Kier molecular flexibility index (Phi) is 3.46. The predicted octanol–water partition coefficient (Wildman–Crippen LogP) is 5.11. The number of halogens is 3. The van der Waals surface area contributed by atoms with Crippen LogP contribution in [0.4, 0.5) is 13.2 Å². The van der Waals surface area contributed by atoms with Crippen LogP contribution in [0.3, 0.4) is 0 Å². The molecule has 0 unspecified atom stereocenters. The van der Waals surface area contributed by atoms with E-state index in [2.05, 4.69) is 0 Å². The molecule has 1 nitrogen and oxygen atoms in total. The minimum atomic E-state index is -4.34. The van der Waals surface area contributed by atoms with Crippen LogP contribution in [0.15, 0.2) is 35.4 Å². The normalized spacial score (nSPS) is 29.0. The van der Waals surface area contributed by atoms with E-state index in [0.717, 1.165) is 16.7 Å². The van der Waals surface area contributed by atoms with Gasteiger partial charge in [0.15, 0.2) is 5.78 Å².